The van der Waals surface area contributed by atoms with E-state index in [1.165, 1.54) is 23.1 Å². The highest BCUT2D eigenvalue weighted by Crippen LogP contribution is 2.33. The number of anilines is 1. The maximum atomic E-state index is 12.6. The molecule has 0 unspecified atom stereocenters. The van der Waals surface area contributed by atoms with E-state index in [0.29, 0.717) is 33.2 Å². The van der Waals surface area contributed by atoms with Crippen molar-refractivity contribution in [2.75, 3.05) is 11.9 Å². The molecule has 0 saturated carbocycles. The minimum Gasteiger partial charge on any atom is -0.301 e. The summed E-state index contributed by atoms with van der Waals surface area (Å²) in [5.74, 6) is 0.439. The van der Waals surface area contributed by atoms with E-state index in [0.717, 1.165) is 35.6 Å². The van der Waals surface area contributed by atoms with Gasteiger partial charge in [-0.15, -0.1) is 21.5 Å². The molecule has 2 aromatic rings. The van der Waals surface area contributed by atoms with Crippen molar-refractivity contribution >= 4 is 74.0 Å². The number of carbonyl (C=O) groups excluding carboxylic acids is 2. The number of rotatable bonds is 10. The molecular weight excluding hydrogens is 457 g/mol. The predicted molar refractivity (Wildman–Crippen MR) is 130 cm³/mol. The van der Waals surface area contributed by atoms with Gasteiger partial charge in [-0.25, -0.2) is 0 Å². The minimum absolute atomic E-state index is 0.0235. The second-order valence-electron chi connectivity index (χ2n) is 7.31. The first kappa shape index (κ1) is 23.1. The summed E-state index contributed by atoms with van der Waals surface area (Å²) in [6.45, 7) is 4.84. The number of hydrogen-bond acceptors (Lipinski definition) is 8. The summed E-state index contributed by atoms with van der Waals surface area (Å²) in [5, 5.41) is 14.4. The van der Waals surface area contributed by atoms with E-state index < -0.39 is 0 Å². The molecular formula is C20H24N4O2S4. The molecule has 0 aliphatic carbocycles. The van der Waals surface area contributed by atoms with E-state index in [4.69, 9.17) is 12.2 Å². The van der Waals surface area contributed by atoms with Crippen molar-refractivity contribution in [2.45, 2.75) is 46.0 Å². The van der Waals surface area contributed by atoms with Crippen LogP contribution in [0.15, 0.2) is 22.4 Å². The lowest BCUT2D eigenvalue weighted by Gasteiger charge is -2.13. The van der Waals surface area contributed by atoms with Crippen molar-refractivity contribution < 1.29 is 9.59 Å². The van der Waals surface area contributed by atoms with Gasteiger partial charge in [-0.05, 0) is 36.3 Å². The topological polar surface area (TPSA) is 75.2 Å². The van der Waals surface area contributed by atoms with Gasteiger partial charge < -0.3 is 5.32 Å². The lowest BCUT2D eigenvalue weighted by atomic mass is 10.1. The van der Waals surface area contributed by atoms with Crippen LogP contribution >= 0.6 is 46.7 Å². The van der Waals surface area contributed by atoms with Gasteiger partial charge in [0.15, 0.2) is 0 Å². The Morgan fingerprint density at radius 2 is 2.13 bits per heavy atom. The molecule has 30 heavy (non-hydrogen) atoms. The summed E-state index contributed by atoms with van der Waals surface area (Å²) in [7, 11) is 0. The smallest absolute Gasteiger partial charge is 0.266 e. The van der Waals surface area contributed by atoms with Gasteiger partial charge in [-0.3, -0.25) is 14.5 Å². The van der Waals surface area contributed by atoms with E-state index in [2.05, 4.69) is 29.4 Å². The first-order chi connectivity index (χ1) is 14.4. The standard InChI is InChI=1S/C20H24N4O2S4/c1-13(2)11-17-22-23-19(30-17)21-16(25)8-4-3-5-9-24-18(26)15(29-20(24)27)12-14-7-6-10-28-14/h6-7,10,12-13H,3-5,8-9,11H2,1-2H3,(H,21,23,25)/b15-12+. The SMILES string of the molecule is CC(C)Cc1nnc(NC(=O)CCCCCN2C(=O)/C(=C\c3cccs3)SC2=S)s1. The van der Waals surface area contributed by atoms with Crippen LogP contribution in [0.2, 0.25) is 0 Å². The zero-order valence-corrected chi connectivity index (χ0v) is 20.2. The second kappa shape index (κ2) is 11.1. The molecule has 3 rings (SSSR count). The number of aromatic nitrogens is 2. The average Bonchev–Trinajstić information content (AvgIpc) is 3.40. The Morgan fingerprint density at radius 1 is 1.30 bits per heavy atom. The van der Waals surface area contributed by atoms with E-state index in [1.807, 2.05) is 23.6 Å². The number of nitrogens with zero attached hydrogens (tertiary/aromatic N) is 3. The Bertz CT molecular complexity index is 921. The minimum atomic E-state index is -0.0493. The Labute approximate surface area is 194 Å². The molecule has 1 aliphatic rings. The van der Waals surface area contributed by atoms with E-state index in [1.54, 1.807) is 16.2 Å². The molecule has 0 aromatic carbocycles. The van der Waals surface area contributed by atoms with Gasteiger partial charge in [-0.2, -0.15) is 0 Å². The molecule has 0 atom stereocenters. The van der Waals surface area contributed by atoms with Crippen LogP contribution in [-0.4, -0.2) is 37.8 Å². The molecule has 10 heteroatoms. The monoisotopic (exact) mass is 480 g/mol. The van der Waals surface area contributed by atoms with Gasteiger partial charge in [0.25, 0.3) is 5.91 Å². The molecule has 1 fully saturated rings. The number of amides is 2. The third-order valence-corrected chi connectivity index (χ3v) is 7.33. The molecule has 3 heterocycles. The Morgan fingerprint density at radius 3 is 2.87 bits per heavy atom. The quantitative estimate of drug-likeness (QED) is 0.286. The fraction of sp³-hybridized carbons (Fsp3) is 0.450. The van der Waals surface area contributed by atoms with Gasteiger partial charge >= 0.3 is 0 Å². The van der Waals surface area contributed by atoms with Gasteiger partial charge in [0.05, 0.1) is 4.91 Å². The molecule has 1 N–H and O–H groups in total. The highest BCUT2D eigenvalue weighted by Gasteiger charge is 2.31. The third kappa shape index (κ3) is 6.69. The van der Waals surface area contributed by atoms with Crippen LogP contribution < -0.4 is 5.32 Å². The van der Waals surface area contributed by atoms with Crippen LogP contribution in [0.25, 0.3) is 6.08 Å². The number of thiophene rings is 1. The predicted octanol–water partition coefficient (Wildman–Crippen LogP) is 5.20. The highest BCUT2D eigenvalue weighted by molar-refractivity contribution is 8.26. The maximum absolute atomic E-state index is 12.6. The fourth-order valence-electron chi connectivity index (χ4n) is 2.85. The summed E-state index contributed by atoms with van der Waals surface area (Å²) in [6.07, 6.45) is 5.60. The van der Waals surface area contributed by atoms with Crippen molar-refractivity contribution in [2.24, 2.45) is 5.92 Å². The van der Waals surface area contributed by atoms with Crippen molar-refractivity contribution in [1.29, 1.82) is 0 Å². The molecule has 6 nitrogen and oxygen atoms in total. The van der Waals surface area contributed by atoms with Crippen molar-refractivity contribution in [3.8, 4) is 0 Å². The molecule has 1 aliphatic heterocycles. The highest BCUT2D eigenvalue weighted by atomic mass is 32.2. The van der Waals surface area contributed by atoms with Crippen LogP contribution in [0.5, 0.6) is 0 Å². The van der Waals surface area contributed by atoms with Crippen LogP contribution in [0.4, 0.5) is 5.13 Å². The summed E-state index contributed by atoms with van der Waals surface area (Å²) >= 11 is 9.75. The number of nitrogens with one attached hydrogen (secondary N) is 1. The van der Waals surface area contributed by atoms with Gasteiger partial charge in [0, 0.05) is 24.3 Å². The molecule has 0 spiro atoms. The van der Waals surface area contributed by atoms with Crippen LogP contribution in [-0.2, 0) is 16.0 Å². The normalized spacial score (nSPS) is 15.6. The molecule has 0 radical (unpaired) electrons. The Balaban J connectivity index is 1.36. The first-order valence-corrected chi connectivity index (χ1v) is 12.8. The zero-order chi connectivity index (χ0) is 21.5. The van der Waals surface area contributed by atoms with Gasteiger partial charge in [0.1, 0.15) is 9.33 Å². The first-order valence-electron chi connectivity index (χ1n) is 9.83. The second-order valence-corrected chi connectivity index (χ2v) is 11.0. The Hall–Kier alpha value is -1.62. The van der Waals surface area contributed by atoms with Crippen molar-refractivity contribution in [1.82, 2.24) is 15.1 Å². The largest absolute Gasteiger partial charge is 0.301 e. The number of hydrogen-bond donors (Lipinski definition) is 1. The molecule has 0 bridgehead atoms. The Kier molecular flexibility index (Phi) is 8.55. The maximum Gasteiger partial charge on any atom is 0.266 e. The van der Waals surface area contributed by atoms with Gasteiger partial charge in [0.2, 0.25) is 11.0 Å². The van der Waals surface area contributed by atoms with E-state index in [9.17, 15) is 9.59 Å². The molecule has 160 valence electrons. The summed E-state index contributed by atoms with van der Waals surface area (Å²) in [5.41, 5.74) is 0. The van der Waals surface area contributed by atoms with Crippen molar-refractivity contribution in [3.05, 3.63) is 32.3 Å². The lowest BCUT2D eigenvalue weighted by molar-refractivity contribution is -0.122. The summed E-state index contributed by atoms with van der Waals surface area (Å²) < 4.78 is 0.606. The number of thioether (sulfide) groups is 1. The van der Waals surface area contributed by atoms with Gasteiger partial charge in [-0.1, -0.05) is 61.7 Å². The third-order valence-electron chi connectivity index (χ3n) is 4.27. The molecule has 2 aromatic heterocycles. The summed E-state index contributed by atoms with van der Waals surface area (Å²) in [6, 6.07) is 3.94. The lowest BCUT2D eigenvalue weighted by Crippen LogP contribution is -2.29. The molecule has 1 saturated heterocycles. The van der Waals surface area contributed by atoms with Crippen LogP contribution in [0.1, 0.15) is 49.4 Å². The van der Waals surface area contributed by atoms with Crippen molar-refractivity contribution in [3.63, 3.8) is 0 Å². The molecule has 2 amide bonds. The number of thiocarbonyl (C=S) groups is 1. The fourth-order valence-corrected chi connectivity index (χ4v) is 5.84. The number of carbonyl (C=O) groups is 2. The average molecular weight is 481 g/mol. The number of unbranched alkanes of at least 4 members (excludes halogenated alkanes) is 2. The summed E-state index contributed by atoms with van der Waals surface area (Å²) in [4.78, 5) is 28.0. The van der Waals surface area contributed by atoms with E-state index >= 15 is 0 Å². The van der Waals surface area contributed by atoms with E-state index in [-0.39, 0.29) is 11.8 Å². The zero-order valence-electron chi connectivity index (χ0n) is 16.9. The van der Waals surface area contributed by atoms with Crippen LogP contribution in [0.3, 0.4) is 0 Å². The van der Waals surface area contributed by atoms with Crippen LogP contribution in [0, 0.1) is 5.92 Å².